The molecule has 0 amide bonds. The van der Waals surface area contributed by atoms with Gasteiger partial charge < -0.3 is 4.74 Å². The van der Waals surface area contributed by atoms with Gasteiger partial charge in [0, 0.05) is 6.26 Å². The van der Waals surface area contributed by atoms with Crippen LogP contribution in [0, 0.1) is 0 Å². The van der Waals surface area contributed by atoms with Crippen LogP contribution in [0.4, 0.5) is 0 Å². The average Bonchev–Trinajstić information content (AvgIpc) is 1.87. The standard InChI is InChI=1S/C6H12O4S/c1-3-9-6(7)4-5-10-11(2)8/h3-5H2,1-2H3. The lowest BCUT2D eigenvalue weighted by Crippen LogP contribution is -2.08. The number of rotatable bonds is 5. The Balaban J connectivity index is 3.24. The van der Waals surface area contributed by atoms with Gasteiger partial charge in [0.1, 0.15) is 0 Å². The van der Waals surface area contributed by atoms with E-state index >= 15 is 0 Å². The van der Waals surface area contributed by atoms with E-state index in [0.717, 1.165) is 0 Å². The molecule has 0 aromatic rings. The SMILES string of the molecule is CCOC(=O)CCOS(C)=O. The molecular formula is C6H12O4S. The first kappa shape index (κ1) is 10.6. The Morgan fingerprint density at radius 3 is 2.64 bits per heavy atom. The topological polar surface area (TPSA) is 52.6 Å². The Morgan fingerprint density at radius 2 is 2.18 bits per heavy atom. The van der Waals surface area contributed by atoms with E-state index in [4.69, 9.17) is 0 Å². The van der Waals surface area contributed by atoms with Crippen molar-refractivity contribution in [2.45, 2.75) is 13.3 Å². The number of esters is 1. The summed E-state index contributed by atoms with van der Waals surface area (Å²) in [4.78, 5) is 10.6. The maximum absolute atomic E-state index is 10.6. The highest BCUT2D eigenvalue weighted by atomic mass is 32.2. The molecule has 0 saturated heterocycles. The Kier molecular flexibility index (Phi) is 6.06. The third-order valence-corrected chi connectivity index (χ3v) is 1.36. The van der Waals surface area contributed by atoms with Crippen molar-refractivity contribution in [3.63, 3.8) is 0 Å². The van der Waals surface area contributed by atoms with E-state index in [-0.39, 0.29) is 19.0 Å². The summed E-state index contributed by atoms with van der Waals surface area (Å²) in [6.45, 7) is 2.26. The molecule has 0 aliphatic rings. The third kappa shape index (κ3) is 7.48. The summed E-state index contributed by atoms with van der Waals surface area (Å²) >= 11 is -1.29. The van der Waals surface area contributed by atoms with E-state index in [0.29, 0.717) is 6.61 Å². The highest BCUT2D eigenvalue weighted by Crippen LogP contribution is 1.89. The number of hydrogen-bond donors (Lipinski definition) is 0. The van der Waals surface area contributed by atoms with Gasteiger partial charge in [0.2, 0.25) is 0 Å². The fourth-order valence-electron chi connectivity index (χ4n) is 0.476. The molecule has 5 heteroatoms. The monoisotopic (exact) mass is 180 g/mol. The fraction of sp³-hybridized carbons (Fsp3) is 0.833. The first-order valence-corrected chi connectivity index (χ1v) is 4.77. The van der Waals surface area contributed by atoms with Crippen LogP contribution in [-0.4, -0.2) is 29.6 Å². The number of carbonyl (C=O) groups excluding carboxylic acids is 1. The molecule has 0 aliphatic carbocycles. The van der Waals surface area contributed by atoms with Crippen LogP contribution in [0.5, 0.6) is 0 Å². The molecular weight excluding hydrogens is 168 g/mol. The summed E-state index contributed by atoms with van der Waals surface area (Å²) in [5.74, 6) is -0.321. The van der Waals surface area contributed by atoms with Crippen molar-refractivity contribution in [2.24, 2.45) is 0 Å². The highest BCUT2D eigenvalue weighted by Gasteiger charge is 2.01. The molecule has 0 aliphatic heterocycles. The van der Waals surface area contributed by atoms with Crippen molar-refractivity contribution < 1.29 is 17.9 Å². The summed E-state index contributed by atoms with van der Waals surface area (Å²) in [5, 5.41) is 0. The summed E-state index contributed by atoms with van der Waals surface area (Å²) < 4.78 is 19.6. The number of ether oxygens (including phenoxy) is 1. The second-order valence-corrected chi connectivity index (χ2v) is 2.82. The van der Waals surface area contributed by atoms with Gasteiger partial charge in [0.25, 0.3) is 0 Å². The van der Waals surface area contributed by atoms with Gasteiger partial charge in [-0.25, -0.2) is 4.21 Å². The molecule has 1 unspecified atom stereocenters. The van der Waals surface area contributed by atoms with E-state index in [1.165, 1.54) is 6.26 Å². The molecule has 0 bridgehead atoms. The van der Waals surface area contributed by atoms with Crippen molar-refractivity contribution in [1.82, 2.24) is 0 Å². The van der Waals surface area contributed by atoms with Crippen LogP contribution >= 0.6 is 0 Å². The minimum atomic E-state index is -1.29. The predicted octanol–water partition coefficient (Wildman–Crippen LogP) is 0.250. The lowest BCUT2D eigenvalue weighted by molar-refractivity contribution is -0.143. The van der Waals surface area contributed by atoms with E-state index in [2.05, 4.69) is 8.92 Å². The zero-order chi connectivity index (χ0) is 8.69. The van der Waals surface area contributed by atoms with Crippen molar-refractivity contribution in [3.8, 4) is 0 Å². The van der Waals surface area contributed by atoms with Crippen LogP contribution < -0.4 is 0 Å². The largest absolute Gasteiger partial charge is 0.466 e. The summed E-state index contributed by atoms with van der Waals surface area (Å²) in [6.07, 6.45) is 1.57. The van der Waals surface area contributed by atoms with Crippen molar-refractivity contribution in [2.75, 3.05) is 19.5 Å². The maximum atomic E-state index is 10.6. The molecule has 4 nitrogen and oxygen atoms in total. The average molecular weight is 180 g/mol. The van der Waals surface area contributed by atoms with Gasteiger partial charge in [-0.2, -0.15) is 0 Å². The van der Waals surface area contributed by atoms with Gasteiger partial charge >= 0.3 is 5.97 Å². The second-order valence-electron chi connectivity index (χ2n) is 1.78. The normalized spacial score (nSPS) is 12.5. The second kappa shape index (κ2) is 6.30. The molecule has 0 aromatic heterocycles. The van der Waals surface area contributed by atoms with E-state index in [9.17, 15) is 9.00 Å². The molecule has 0 N–H and O–H groups in total. The highest BCUT2D eigenvalue weighted by molar-refractivity contribution is 7.79. The lowest BCUT2D eigenvalue weighted by Gasteiger charge is -1.99. The zero-order valence-electron chi connectivity index (χ0n) is 6.66. The van der Waals surface area contributed by atoms with Crippen molar-refractivity contribution in [3.05, 3.63) is 0 Å². The molecule has 0 fully saturated rings. The van der Waals surface area contributed by atoms with Crippen LogP contribution in [-0.2, 0) is 24.8 Å². The summed E-state index contributed by atoms with van der Waals surface area (Å²) in [7, 11) is 0. The van der Waals surface area contributed by atoms with E-state index in [1.54, 1.807) is 6.92 Å². The molecule has 0 heterocycles. The third-order valence-electron chi connectivity index (χ3n) is 0.861. The van der Waals surface area contributed by atoms with Gasteiger partial charge in [-0.15, -0.1) is 0 Å². The molecule has 66 valence electrons. The van der Waals surface area contributed by atoms with Crippen molar-refractivity contribution in [1.29, 1.82) is 0 Å². The van der Waals surface area contributed by atoms with Crippen LogP contribution in [0.1, 0.15) is 13.3 Å². The zero-order valence-corrected chi connectivity index (χ0v) is 7.48. The van der Waals surface area contributed by atoms with Crippen LogP contribution in [0.2, 0.25) is 0 Å². The van der Waals surface area contributed by atoms with Gasteiger partial charge in [0.15, 0.2) is 11.1 Å². The van der Waals surface area contributed by atoms with Crippen molar-refractivity contribution >= 4 is 17.0 Å². The smallest absolute Gasteiger partial charge is 0.308 e. The number of hydrogen-bond acceptors (Lipinski definition) is 4. The lowest BCUT2D eigenvalue weighted by atomic mass is 10.5. The maximum Gasteiger partial charge on any atom is 0.308 e. The Hall–Kier alpha value is -0.420. The number of carbonyl (C=O) groups is 1. The van der Waals surface area contributed by atoms with E-state index in [1.807, 2.05) is 0 Å². The Morgan fingerprint density at radius 1 is 1.55 bits per heavy atom. The molecule has 11 heavy (non-hydrogen) atoms. The van der Waals surface area contributed by atoms with Gasteiger partial charge in [-0.1, -0.05) is 0 Å². The molecule has 0 saturated carbocycles. The minimum Gasteiger partial charge on any atom is -0.466 e. The first-order valence-electron chi connectivity index (χ1n) is 3.29. The molecule has 0 rings (SSSR count). The molecule has 0 spiro atoms. The Bertz CT molecular complexity index is 146. The minimum absolute atomic E-state index is 0.155. The van der Waals surface area contributed by atoms with Crippen LogP contribution in [0.15, 0.2) is 0 Å². The van der Waals surface area contributed by atoms with Gasteiger partial charge in [-0.3, -0.25) is 8.98 Å². The fourth-order valence-corrected chi connectivity index (χ4v) is 0.794. The Labute approximate surface area is 68.5 Å². The van der Waals surface area contributed by atoms with Gasteiger partial charge in [-0.05, 0) is 6.92 Å². The van der Waals surface area contributed by atoms with Gasteiger partial charge in [0.05, 0.1) is 19.6 Å². The first-order chi connectivity index (χ1) is 5.16. The van der Waals surface area contributed by atoms with E-state index < -0.39 is 11.1 Å². The molecule has 0 radical (unpaired) electrons. The summed E-state index contributed by atoms with van der Waals surface area (Å²) in [6, 6.07) is 0. The predicted molar refractivity (Wildman–Crippen MR) is 41.3 cm³/mol. The molecule has 1 atom stereocenters. The molecule has 0 aromatic carbocycles. The van der Waals surface area contributed by atoms with Crippen LogP contribution in [0.25, 0.3) is 0 Å². The van der Waals surface area contributed by atoms with Crippen LogP contribution in [0.3, 0.4) is 0 Å². The summed E-state index contributed by atoms with van der Waals surface area (Å²) in [5.41, 5.74) is 0. The quantitative estimate of drug-likeness (QED) is 0.569.